The van der Waals surface area contributed by atoms with Gasteiger partial charge in [0.05, 0.1) is 0 Å². The average molecular weight is 274 g/mol. The highest BCUT2D eigenvalue weighted by atomic mass is 35.5. The van der Waals surface area contributed by atoms with Crippen LogP contribution in [0.4, 0.5) is 0 Å². The summed E-state index contributed by atoms with van der Waals surface area (Å²) >= 11 is 6.20. The fourth-order valence-corrected chi connectivity index (χ4v) is 2.53. The Morgan fingerprint density at radius 3 is 2.71 bits per heavy atom. The molecule has 3 heteroatoms. The van der Waals surface area contributed by atoms with E-state index < -0.39 is 0 Å². The first-order valence-electron chi connectivity index (χ1n) is 5.98. The van der Waals surface area contributed by atoms with Crippen LogP contribution in [0.15, 0.2) is 18.2 Å². The molecule has 0 radical (unpaired) electrons. The maximum Gasteiger partial charge on any atom is 0.0441 e. The average Bonchev–Trinajstić information content (AvgIpc) is 2.58. The zero-order chi connectivity index (χ0) is 11.8. The number of hydrogen-bond donors (Lipinski definition) is 1. The highest BCUT2D eigenvalue weighted by Gasteiger charge is 2.24. The van der Waals surface area contributed by atoms with Crippen molar-refractivity contribution in [1.29, 1.82) is 0 Å². The Kier molecular flexibility index (Phi) is 4.88. The van der Waals surface area contributed by atoms with Gasteiger partial charge >= 0.3 is 0 Å². The van der Waals surface area contributed by atoms with Gasteiger partial charge in [-0.25, -0.2) is 0 Å². The van der Waals surface area contributed by atoms with E-state index in [1.807, 2.05) is 6.07 Å². The topological polar surface area (TPSA) is 12.0 Å². The molecule has 1 nitrogen and oxygen atoms in total. The molecule has 0 bridgehead atoms. The molecular weight excluding hydrogens is 253 g/mol. The molecule has 0 spiro atoms. The van der Waals surface area contributed by atoms with E-state index >= 15 is 0 Å². The second-order valence-corrected chi connectivity index (χ2v) is 6.25. The number of nitrogens with one attached hydrogen (secondary N) is 1. The molecule has 1 N–H and O–H groups in total. The normalized spacial score (nSPS) is 18.7. The van der Waals surface area contributed by atoms with Crippen molar-refractivity contribution in [1.82, 2.24) is 5.32 Å². The molecule has 0 aliphatic heterocycles. The summed E-state index contributed by atoms with van der Waals surface area (Å²) in [6, 6.07) is 6.74. The predicted molar refractivity (Wildman–Crippen MR) is 77.2 cm³/mol. The van der Waals surface area contributed by atoms with Gasteiger partial charge in [-0.1, -0.05) is 44.5 Å². The molecule has 1 aromatic carbocycles. The summed E-state index contributed by atoms with van der Waals surface area (Å²) in [6.45, 7) is 7.82. The van der Waals surface area contributed by atoms with Crippen LogP contribution in [0.5, 0.6) is 0 Å². The van der Waals surface area contributed by atoms with E-state index in [2.05, 4.69) is 38.2 Å². The van der Waals surface area contributed by atoms with E-state index in [0.717, 1.165) is 18.0 Å². The van der Waals surface area contributed by atoms with E-state index in [1.54, 1.807) is 0 Å². The lowest BCUT2D eigenvalue weighted by Crippen LogP contribution is -2.29. The third kappa shape index (κ3) is 3.61. The molecule has 2 rings (SSSR count). The lowest BCUT2D eigenvalue weighted by Gasteiger charge is -2.23. The smallest absolute Gasteiger partial charge is 0.0441 e. The summed E-state index contributed by atoms with van der Waals surface area (Å²) in [6.07, 6.45) is 2.28. The van der Waals surface area contributed by atoms with Crippen LogP contribution in [0, 0.1) is 5.41 Å². The van der Waals surface area contributed by atoms with Gasteiger partial charge in [-0.2, -0.15) is 0 Å². The molecule has 0 heterocycles. The summed E-state index contributed by atoms with van der Waals surface area (Å²) in [5.74, 6) is 0. The maximum atomic E-state index is 6.20. The summed E-state index contributed by atoms with van der Waals surface area (Å²) in [7, 11) is 0. The van der Waals surface area contributed by atoms with Crippen LogP contribution in [0.1, 0.15) is 44.4 Å². The van der Waals surface area contributed by atoms with Gasteiger partial charge in [-0.05, 0) is 35.4 Å². The van der Waals surface area contributed by atoms with Crippen molar-refractivity contribution in [3.63, 3.8) is 0 Å². The molecule has 0 saturated carbocycles. The fourth-order valence-electron chi connectivity index (χ4n) is 2.25. The first-order chi connectivity index (χ1) is 7.47. The van der Waals surface area contributed by atoms with Gasteiger partial charge in [0.2, 0.25) is 0 Å². The third-order valence-electron chi connectivity index (χ3n) is 3.09. The Bertz CT molecular complexity index is 382. The molecule has 0 amide bonds. The first-order valence-corrected chi connectivity index (χ1v) is 6.36. The van der Waals surface area contributed by atoms with Crippen LogP contribution < -0.4 is 5.32 Å². The molecule has 0 fully saturated rings. The zero-order valence-corrected chi connectivity index (χ0v) is 12.3. The number of rotatable bonds is 2. The van der Waals surface area contributed by atoms with Crippen LogP contribution in [0.2, 0.25) is 5.02 Å². The van der Waals surface area contributed by atoms with Gasteiger partial charge in [-0.3, -0.25) is 0 Å². The van der Waals surface area contributed by atoms with Gasteiger partial charge in [0.1, 0.15) is 0 Å². The molecule has 1 unspecified atom stereocenters. The number of fused-ring (bicyclic) bond motifs is 1. The van der Waals surface area contributed by atoms with E-state index in [1.165, 1.54) is 17.5 Å². The minimum Gasteiger partial charge on any atom is -0.309 e. The summed E-state index contributed by atoms with van der Waals surface area (Å²) in [5, 5.41) is 4.57. The van der Waals surface area contributed by atoms with Crippen LogP contribution in [-0.4, -0.2) is 6.54 Å². The van der Waals surface area contributed by atoms with Crippen molar-refractivity contribution in [2.24, 2.45) is 5.41 Å². The van der Waals surface area contributed by atoms with Crippen molar-refractivity contribution in [3.8, 4) is 0 Å². The minimum absolute atomic E-state index is 0. The molecule has 0 aromatic heterocycles. The number of hydrogen-bond acceptors (Lipinski definition) is 1. The molecule has 0 saturated heterocycles. The van der Waals surface area contributed by atoms with E-state index in [-0.39, 0.29) is 12.4 Å². The van der Waals surface area contributed by atoms with Gasteiger partial charge in [0.15, 0.2) is 0 Å². The third-order valence-corrected chi connectivity index (χ3v) is 3.45. The molecule has 1 aliphatic rings. The maximum absolute atomic E-state index is 6.20. The summed E-state index contributed by atoms with van der Waals surface area (Å²) in [4.78, 5) is 0. The monoisotopic (exact) mass is 273 g/mol. The lowest BCUT2D eigenvalue weighted by atomic mass is 9.96. The lowest BCUT2D eigenvalue weighted by molar-refractivity contribution is 0.352. The van der Waals surface area contributed by atoms with Gasteiger partial charge in [0.25, 0.3) is 0 Å². The van der Waals surface area contributed by atoms with Gasteiger partial charge in [0, 0.05) is 17.6 Å². The molecular formula is C14H21Cl2N. The molecule has 1 aliphatic carbocycles. The Morgan fingerprint density at radius 1 is 1.35 bits per heavy atom. The quantitative estimate of drug-likeness (QED) is 0.843. The Labute approximate surface area is 115 Å². The second kappa shape index (κ2) is 5.60. The van der Waals surface area contributed by atoms with Crippen molar-refractivity contribution in [2.45, 2.75) is 39.7 Å². The van der Waals surface area contributed by atoms with Crippen LogP contribution in [-0.2, 0) is 6.42 Å². The van der Waals surface area contributed by atoms with Crippen LogP contribution in [0.25, 0.3) is 0 Å². The van der Waals surface area contributed by atoms with E-state index in [4.69, 9.17) is 11.6 Å². The minimum atomic E-state index is 0. The highest BCUT2D eigenvalue weighted by molar-refractivity contribution is 6.31. The SMILES string of the molecule is CC(C)(C)CNC1CCc2c(Cl)cccc21.Cl. The fraction of sp³-hybridized carbons (Fsp3) is 0.571. The van der Waals surface area contributed by atoms with Crippen molar-refractivity contribution in [3.05, 3.63) is 34.3 Å². The standard InChI is InChI=1S/C14H20ClN.ClH/c1-14(2,3)9-16-13-8-7-10-11(13)5-4-6-12(10)15;/h4-6,13,16H,7-9H2,1-3H3;1H. The van der Waals surface area contributed by atoms with Gasteiger partial charge in [-0.15, -0.1) is 12.4 Å². The highest BCUT2D eigenvalue weighted by Crippen LogP contribution is 2.35. The van der Waals surface area contributed by atoms with Crippen molar-refractivity contribution >= 4 is 24.0 Å². The molecule has 17 heavy (non-hydrogen) atoms. The summed E-state index contributed by atoms with van der Waals surface area (Å²) < 4.78 is 0. The Morgan fingerprint density at radius 2 is 2.06 bits per heavy atom. The summed E-state index contributed by atoms with van der Waals surface area (Å²) in [5.41, 5.74) is 3.08. The van der Waals surface area contributed by atoms with Crippen molar-refractivity contribution < 1.29 is 0 Å². The van der Waals surface area contributed by atoms with E-state index in [9.17, 15) is 0 Å². The number of halogens is 2. The van der Waals surface area contributed by atoms with Crippen LogP contribution >= 0.6 is 24.0 Å². The molecule has 96 valence electrons. The van der Waals surface area contributed by atoms with Gasteiger partial charge < -0.3 is 5.32 Å². The zero-order valence-electron chi connectivity index (χ0n) is 10.7. The second-order valence-electron chi connectivity index (χ2n) is 5.84. The predicted octanol–water partition coefficient (Wildman–Crippen LogP) is 4.38. The van der Waals surface area contributed by atoms with Crippen LogP contribution in [0.3, 0.4) is 0 Å². The molecule has 1 aromatic rings. The van der Waals surface area contributed by atoms with E-state index in [0.29, 0.717) is 11.5 Å². The first kappa shape index (κ1) is 14.8. The largest absolute Gasteiger partial charge is 0.309 e. The Hall–Kier alpha value is -0.240. The van der Waals surface area contributed by atoms with Crippen molar-refractivity contribution in [2.75, 3.05) is 6.54 Å². The molecule has 1 atom stereocenters. The Balaban J connectivity index is 0.00000144. The number of benzene rings is 1.